The van der Waals surface area contributed by atoms with E-state index in [1.807, 2.05) is 12.1 Å². The quantitative estimate of drug-likeness (QED) is 0.675. The van der Waals surface area contributed by atoms with Crippen molar-refractivity contribution < 1.29 is 4.92 Å². The molecule has 2 aliphatic heterocycles. The zero-order valence-electron chi connectivity index (χ0n) is 13.2. The molecule has 8 heteroatoms. The summed E-state index contributed by atoms with van der Waals surface area (Å²) in [5.41, 5.74) is 2.10. The van der Waals surface area contributed by atoms with E-state index >= 15 is 0 Å². The molecule has 2 aromatic rings. The highest BCUT2D eigenvalue weighted by atomic mass is 16.6. The Bertz CT molecular complexity index is 758. The van der Waals surface area contributed by atoms with E-state index in [9.17, 15) is 10.1 Å². The lowest BCUT2D eigenvalue weighted by Gasteiger charge is -2.28. The first-order valence-corrected chi connectivity index (χ1v) is 8.06. The SMILES string of the molecule is O=[N+]([O-])c1ccc2c(c1)CCN2c1ccc(N2CCNCC2)nn1. The van der Waals surface area contributed by atoms with Crippen LogP contribution in [0.5, 0.6) is 0 Å². The molecule has 0 saturated carbocycles. The Labute approximate surface area is 139 Å². The second kappa shape index (κ2) is 6.04. The molecule has 1 aromatic heterocycles. The number of fused-ring (bicyclic) bond motifs is 1. The normalized spacial score (nSPS) is 17.0. The van der Waals surface area contributed by atoms with Crippen LogP contribution in [0.1, 0.15) is 5.56 Å². The summed E-state index contributed by atoms with van der Waals surface area (Å²) >= 11 is 0. The lowest BCUT2D eigenvalue weighted by atomic mass is 10.1. The van der Waals surface area contributed by atoms with Gasteiger partial charge in [0.2, 0.25) is 0 Å². The van der Waals surface area contributed by atoms with Crippen LogP contribution in [0, 0.1) is 10.1 Å². The topological polar surface area (TPSA) is 87.4 Å². The third-order valence-electron chi connectivity index (χ3n) is 4.52. The number of nitro benzene ring substituents is 1. The summed E-state index contributed by atoms with van der Waals surface area (Å²) in [6.45, 7) is 4.55. The maximum Gasteiger partial charge on any atom is 0.269 e. The summed E-state index contributed by atoms with van der Waals surface area (Å²) in [4.78, 5) is 14.8. The molecule has 2 aliphatic rings. The molecule has 3 heterocycles. The van der Waals surface area contributed by atoms with E-state index in [0.29, 0.717) is 0 Å². The van der Waals surface area contributed by atoms with Crippen LogP contribution in [-0.4, -0.2) is 47.8 Å². The summed E-state index contributed by atoms with van der Waals surface area (Å²) < 4.78 is 0. The van der Waals surface area contributed by atoms with Crippen LogP contribution in [-0.2, 0) is 6.42 Å². The van der Waals surface area contributed by atoms with E-state index in [-0.39, 0.29) is 10.6 Å². The van der Waals surface area contributed by atoms with Gasteiger partial charge < -0.3 is 15.1 Å². The van der Waals surface area contributed by atoms with Crippen LogP contribution < -0.4 is 15.1 Å². The monoisotopic (exact) mass is 326 g/mol. The zero-order valence-corrected chi connectivity index (χ0v) is 13.2. The van der Waals surface area contributed by atoms with E-state index in [2.05, 4.69) is 25.3 Å². The highest BCUT2D eigenvalue weighted by molar-refractivity contribution is 5.69. The van der Waals surface area contributed by atoms with Crippen molar-refractivity contribution in [1.82, 2.24) is 15.5 Å². The third kappa shape index (κ3) is 2.65. The molecule has 0 atom stereocenters. The minimum absolute atomic E-state index is 0.135. The van der Waals surface area contributed by atoms with Gasteiger partial charge in [-0.25, -0.2) is 0 Å². The van der Waals surface area contributed by atoms with Crippen molar-refractivity contribution in [2.45, 2.75) is 6.42 Å². The van der Waals surface area contributed by atoms with Crippen LogP contribution in [0.15, 0.2) is 30.3 Å². The number of hydrogen-bond acceptors (Lipinski definition) is 7. The molecule has 1 N–H and O–H groups in total. The molecule has 24 heavy (non-hydrogen) atoms. The second-order valence-electron chi connectivity index (χ2n) is 5.96. The number of non-ortho nitro benzene ring substituents is 1. The van der Waals surface area contributed by atoms with Gasteiger partial charge in [0.15, 0.2) is 11.6 Å². The van der Waals surface area contributed by atoms with Crippen LogP contribution in [0.3, 0.4) is 0 Å². The predicted octanol–water partition coefficient (Wildman–Crippen LogP) is 1.49. The highest BCUT2D eigenvalue weighted by Gasteiger charge is 2.24. The molecular formula is C16H18N6O2. The van der Waals surface area contributed by atoms with Crippen LogP contribution in [0.25, 0.3) is 0 Å². The molecular weight excluding hydrogens is 308 g/mol. The third-order valence-corrected chi connectivity index (χ3v) is 4.52. The van der Waals surface area contributed by atoms with Crippen molar-refractivity contribution in [2.24, 2.45) is 0 Å². The molecule has 1 aromatic carbocycles. The minimum atomic E-state index is -0.356. The molecule has 0 unspecified atom stereocenters. The molecule has 8 nitrogen and oxygen atoms in total. The van der Waals surface area contributed by atoms with Gasteiger partial charge >= 0.3 is 0 Å². The van der Waals surface area contributed by atoms with Gasteiger partial charge in [0, 0.05) is 50.5 Å². The minimum Gasteiger partial charge on any atom is -0.353 e. The largest absolute Gasteiger partial charge is 0.353 e. The number of nitrogens with zero attached hydrogens (tertiary/aromatic N) is 5. The average Bonchev–Trinajstić information content (AvgIpc) is 3.06. The molecule has 1 saturated heterocycles. The van der Waals surface area contributed by atoms with Gasteiger partial charge in [-0.1, -0.05) is 0 Å². The number of benzene rings is 1. The van der Waals surface area contributed by atoms with E-state index in [0.717, 1.165) is 62.0 Å². The number of rotatable bonds is 3. The Morgan fingerprint density at radius 1 is 1.04 bits per heavy atom. The maximum absolute atomic E-state index is 10.9. The lowest BCUT2D eigenvalue weighted by molar-refractivity contribution is -0.384. The number of anilines is 3. The standard InChI is InChI=1S/C16H18N6O2/c23-22(24)13-1-2-14-12(11-13)5-8-21(14)16-4-3-15(18-19-16)20-9-6-17-7-10-20/h1-4,11,17H,5-10H2. The Morgan fingerprint density at radius 3 is 2.50 bits per heavy atom. The summed E-state index contributed by atoms with van der Waals surface area (Å²) in [5, 5.41) is 23.0. The van der Waals surface area contributed by atoms with Crippen molar-refractivity contribution >= 4 is 23.0 Å². The average molecular weight is 326 g/mol. The second-order valence-corrected chi connectivity index (χ2v) is 5.96. The molecule has 0 spiro atoms. The van der Waals surface area contributed by atoms with Crippen molar-refractivity contribution in [3.8, 4) is 0 Å². The summed E-state index contributed by atoms with van der Waals surface area (Å²) in [5.74, 6) is 1.67. The van der Waals surface area contributed by atoms with Gasteiger partial charge in [0.1, 0.15) is 0 Å². The van der Waals surface area contributed by atoms with Crippen molar-refractivity contribution in [3.63, 3.8) is 0 Å². The number of nitrogens with one attached hydrogen (secondary N) is 1. The number of piperazine rings is 1. The lowest BCUT2D eigenvalue weighted by Crippen LogP contribution is -2.44. The highest BCUT2D eigenvalue weighted by Crippen LogP contribution is 2.35. The van der Waals surface area contributed by atoms with Crippen molar-refractivity contribution in [1.29, 1.82) is 0 Å². The molecule has 124 valence electrons. The number of nitro groups is 1. The van der Waals surface area contributed by atoms with E-state index in [1.54, 1.807) is 18.2 Å². The summed E-state index contributed by atoms with van der Waals surface area (Å²) in [6.07, 6.45) is 0.776. The van der Waals surface area contributed by atoms with Gasteiger partial charge in [-0.3, -0.25) is 10.1 Å². The van der Waals surface area contributed by atoms with Crippen LogP contribution >= 0.6 is 0 Å². The first-order valence-electron chi connectivity index (χ1n) is 8.06. The van der Waals surface area contributed by atoms with Crippen LogP contribution in [0.2, 0.25) is 0 Å². The van der Waals surface area contributed by atoms with E-state index in [1.165, 1.54) is 0 Å². The Hall–Kier alpha value is -2.74. The summed E-state index contributed by atoms with van der Waals surface area (Å²) in [7, 11) is 0. The molecule has 4 rings (SSSR count). The summed E-state index contributed by atoms with van der Waals surface area (Å²) in [6, 6.07) is 8.96. The number of aromatic nitrogens is 2. The van der Waals surface area contributed by atoms with Crippen LogP contribution in [0.4, 0.5) is 23.0 Å². The fourth-order valence-electron chi connectivity index (χ4n) is 3.26. The van der Waals surface area contributed by atoms with Crippen molar-refractivity contribution in [2.75, 3.05) is 42.5 Å². The van der Waals surface area contributed by atoms with Gasteiger partial charge in [0.05, 0.1) is 4.92 Å². The predicted molar refractivity (Wildman–Crippen MR) is 90.9 cm³/mol. The zero-order chi connectivity index (χ0) is 16.5. The van der Waals surface area contributed by atoms with Gasteiger partial charge in [-0.2, -0.15) is 0 Å². The van der Waals surface area contributed by atoms with Gasteiger partial charge in [0.25, 0.3) is 5.69 Å². The fourth-order valence-corrected chi connectivity index (χ4v) is 3.26. The molecule has 1 fully saturated rings. The Balaban J connectivity index is 1.56. The van der Waals surface area contributed by atoms with E-state index in [4.69, 9.17) is 0 Å². The maximum atomic E-state index is 10.9. The van der Waals surface area contributed by atoms with Gasteiger partial charge in [-0.05, 0) is 30.2 Å². The molecule has 0 aliphatic carbocycles. The smallest absolute Gasteiger partial charge is 0.269 e. The first kappa shape index (κ1) is 14.8. The number of hydrogen-bond donors (Lipinski definition) is 1. The Morgan fingerprint density at radius 2 is 1.79 bits per heavy atom. The molecule has 0 amide bonds. The first-order chi connectivity index (χ1) is 11.7. The van der Waals surface area contributed by atoms with E-state index < -0.39 is 0 Å². The van der Waals surface area contributed by atoms with Gasteiger partial charge in [-0.15, -0.1) is 10.2 Å². The van der Waals surface area contributed by atoms with Crippen molar-refractivity contribution in [3.05, 3.63) is 46.0 Å². The molecule has 0 radical (unpaired) electrons. The Kier molecular flexibility index (Phi) is 3.73. The fraction of sp³-hybridized carbons (Fsp3) is 0.375. The molecule has 0 bridgehead atoms.